The summed E-state index contributed by atoms with van der Waals surface area (Å²) in [5.41, 5.74) is -0.176. The van der Waals surface area contributed by atoms with Crippen LogP contribution in [0.15, 0.2) is 18.2 Å². The van der Waals surface area contributed by atoms with E-state index in [-0.39, 0.29) is 11.6 Å². The second kappa shape index (κ2) is 5.63. The Morgan fingerprint density at radius 2 is 1.85 bits per heavy atom. The van der Waals surface area contributed by atoms with Crippen LogP contribution in [0, 0.1) is 3.57 Å². The van der Waals surface area contributed by atoms with Crippen LogP contribution >= 0.6 is 22.6 Å². The molecule has 0 aliphatic heterocycles. The molecule has 5 heteroatoms. The first-order valence-corrected chi connectivity index (χ1v) is 7.44. The third-order valence-corrected chi connectivity index (χ3v) is 4.79. The van der Waals surface area contributed by atoms with E-state index in [9.17, 15) is 14.4 Å². The number of hydrogen-bond donors (Lipinski definition) is 0. The summed E-state index contributed by atoms with van der Waals surface area (Å²) in [6, 6.07) is 4.98. The number of esters is 1. The predicted molar refractivity (Wildman–Crippen MR) is 81.7 cm³/mol. The lowest BCUT2D eigenvalue weighted by molar-refractivity contribution is -0.137. The van der Waals surface area contributed by atoms with E-state index >= 15 is 0 Å². The molecule has 0 atom stereocenters. The van der Waals surface area contributed by atoms with Crippen LogP contribution in [-0.4, -0.2) is 24.6 Å². The second-order valence-corrected chi connectivity index (χ2v) is 6.17. The lowest BCUT2D eigenvalue weighted by Crippen LogP contribution is -2.44. The molecule has 0 N–H and O–H groups in total. The van der Waals surface area contributed by atoms with E-state index < -0.39 is 11.4 Å². The summed E-state index contributed by atoms with van der Waals surface area (Å²) in [6.07, 6.45) is 1.42. The number of ether oxygens (including phenoxy) is 1. The Kier molecular flexibility index (Phi) is 4.27. The molecule has 0 radical (unpaired) electrons. The van der Waals surface area contributed by atoms with Crippen LogP contribution in [0.1, 0.15) is 42.1 Å². The highest BCUT2D eigenvalue weighted by Crippen LogP contribution is 2.36. The molecular formula is C15H15IO4. The van der Waals surface area contributed by atoms with Gasteiger partial charge in [-0.1, -0.05) is 0 Å². The third-order valence-electron chi connectivity index (χ3n) is 3.85. The summed E-state index contributed by atoms with van der Waals surface area (Å²) in [7, 11) is 1.30. The monoisotopic (exact) mass is 386 g/mol. The van der Waals surface area contributed by atoms with Crippen LogP contribution < -0.4 is 0 Å². The summed E-state index contributed by atoms with van der Waals surface area (Å²) in [5.74, 6) is -0.621. The first-order valence-electron chi connectivity index (χ1n) is 6.36. The molecule has 0 amide bonds. The Morgan fingerprint density at radius 1 is 1.25 bits per heavy atom. The number of methoxy groups -OCH3 is 1. The van der Waals surface area contributed by atoms with E-state index in [2.05, 4.69) is 22.6 Å². The quantitative estimate of drug-likeness (QED) is 0.446. The van der Waals surface area contributed by atoms with Gasteiger partial charge in [-0.2, -0.15) is 0 Å². The molecule has 4 nitrogen and oxygen atoms in total. The Balaban J connectivity index is 2.58. The van der Waals surface area contributed by atoms with Crippen LogP contribution in [0.3, 0.4) is 0 Å². The summed E-state index contributed by atoms with van der Waals surface area (Å²) >= 11 is 2.09. The number of carbonyl (C=O) groups excluding carboxylic acids is 3. The predicted octanol–water partition coefficient (Wildman–Crippen LogP) is 2.66. The van der Waals surface area contributed by atoms with Gasteiger partial charge in [0.25, 0.3) is 0 Å². The highest BCUT2D eigenvalue weighted by atomic mass is 127. The highest BCUT2D eigenvalue weighted by Gasteiger charge is 2.45. The minimum absolute atomic E-state index is 0.0753. The fourth-order valence-electron chi connectivity index (χ4n) is 2.52. The van der Waals surface area contributed by atoms with Crippen molar-refractivity contribution < 1.29 is 19.1 Å². The van der Waals surface area contributed by atoms with Crippen LogP contribution in [0.25, 0.3) is 0 Å². The fourth-order valence-corrected chi connectivity index (χ4v) is 3.39. The maximum absolute atomic E-state index is 12.3. The van der Waals surface area contributed by atoms with Gasteiger partial charge in [0.2, 0.25) is 0 Å². The zero-order chi connectivity index (χ0) is 14.9. The summed E-state index contributed by atoms with van der Waals surface area (Å²) in [4.78, 5) is 36.2. The molecule has 0 saturated heterocycles. The zero-order valence-electron chi connectivity index (χ0n) is 11.4. The maximum Gasteiger partial charge on any atom is 0.337 e. The molecule has 20 heavy (non-hydrogen) atoms. The largest absolute Gasteiger partial charge is 0.465 e. The van der Waals surface area contributed by atoms with Crippen molar-refractivity contribution in [2.75, 3.05) is 7.11 Å². The average molecular weight is 386 g/mol. The van der Waals surface area contributed by atoms with Gasteiger partial charge in [-0.05, 0) is 59.7 Å². The van der Waals surface area contributed by atoms with Gasteiger partial charge in [-0.3, -0.25) is 9.59 Å². The standard InChI is InChI=1S/C15H15IO4/c1-15(12(17)4-3-5-13(15)18)10-8-9(14(19)20-2)6-7-11(10)16/h6-8H,3-5H2,1-2H3. The van der Waals surface area contributed by atoms with Gasteiger partial charge in [0, 0.05) is 16.4 Å². The molecule has 1 aliphatic rings. The van der Waals surface area contributed by atoms with Crippen LogP contribution in [-0.2, 0) is 19.7 Å². The summed E-state index contributed by atoms with van der Waals surface area (Å²) < 4.78 is 5.50. The van der Waals surface area contributed by atoms with Crippen molar-refractivity contribution in [3.05, 3.63) is 32.9 Å². The minimum Gasteiger partial charge on any atom is -0.465 e. The van der Waals surface area contributed by atoms with Crippen molar-refractivity contribution in [2.24, 2.45) is 0 Å². The van der Waals surface area contributed by atoms with Crippen LogP contribution in [0.5, 0.6) is 0 Å². The Hall–Kier alpha value is -1.24. The normalized spacial score (nSPS) is 17.9. The lowest BCUT2D eigenvalue weighted by Gasteiger charge is -2.32. The molecule has 1 saturated carbocycles. The van der Waals surface area contributed by atoms with Gasteiger partial charge in [0.05, 0.1) is 12.7 Å². The molecular weight excluding hydrogens is 371 g/mol. The van der Waals surface area contributed by atoms with Crippen LogP contribution in [0.2, 0.25) is 0 Å². The minimum atomic E-state index is -1.14. The number of benzene rings is 1. The second-order valence-electron chi connectivity index (χ2n) is 5.01. The maximum atomic E-state index is 12.3. The number of rotatable bonds is 2. The number of halogens is 1. The van der Waals surface area contributed by atoms with Crippen molar-refractivity contribution >= 4 is 40.1 Å². The Labute approximate surface area is 131 Å². The molecule has 0 aromatic heterocycles. The van der Waals surface area contributed by atoms with Gasteiger partial charge in [-0.25, -0.2) is 4.79 Å². The number of hydrogen-bond acceptors (Lipinski definition) is 4. The van der Waals surface area contributed by atoms with E-state index in [1.54, 1.807) is 25.1 Å². The number of carbonyl (C=O) groups is 3. The lowest BCUT2D eigenvalue weighted by atomic mass is 9.69. The van der Waals surface area contributed by atoms with Gasteiger partial charge in [-0.15, -0.1) is 0 Å². The molecule has 106 valence electrons. The van der Waals surface area contributed by atoms with E-state index in [1.165, 1.54) is 7.11 Å². The average Bonchev–Trinajstić information content (AvgIpc) is 2.44. The third kappa shape index (κ3) is 2.39. The van der Waals surface area contributed by atoms with Gasteiger partial charge >= 0.3 is 5.97 Å². The molecule has 1 aliphatic carbocycles. The highest BCUT2D eigenvalue weighted by molar-refractivity contribution is 14.1. The Bertz CT molecular complexity index is 576. The molecule has 1 aromatic carbocycles. The molecule has 0 heterocycles. The first kappa shape index (κ1) is 15.2. The van der Waals surface area contributed by atoms with Gasteiger partial charge in [0.1, 0.15) is 5.41 Å². The van der Waals surface area contributed by atoms with E-state index in [0.717, 1.165) is 3.57 Å². The molecule has 0 bridgehead atoms. The zero-order valence-corrected chi connectivity index (χ0v) is 13.5. The van der Waals surface area contributed by atoms with Crippen molar-refractivity contribution in [2.45, 2.75) is 31.6 Å². The van der Waals surface area contributed by atoms with E-state index in [1.807, 2.05) is 0 Å². The number of Topliss-reactive ketones (excluding diaryl/α,β-unsaturated/α-hetero) is 2. The smallest absolute Gasteiger partial charge is 0.337 e. The van der Waals surface area contributed by atoms with E-state index in [0.29, 0.717) is 30.4 Å². The summed E-state index contributed by atoms with van der Waals surface area (Å²) in [5, 5.41) is 0. The fraction of sp³-hybridized carbons (Fsp3) is 0.400. The molecule has 0 unspecified atom stereocenters. The van der Waals surface area contributed by atoms with E-state index in [4.69, 9.17) is 4.74 Å². The van der Waals surface area contributed by atoms with Crippen molar-refractivity contribution in [1.29, 1.82) is 0 Å². The molecule has 1 fully saturated rings. The van der Waals surface area contributed by atoms with Crippen molar-refractivity contribution in [3.8, 4) is 0 Å². The van der Waals surface area contributed by atoms with Crippen molar-refractivity contribution in [3.63, 3.8) is 0 Å². The van der Waals surface area contributed by atoms with Crippen LogP contribution in [0.4, 0.5) is 0 Å². The number of ketones is 2. The van der Waals surface area contributed by atoms with Gasteiger partial charge < -0.3 is 4.74 Å². The molecule has 1 aromatic rings. The molecule has 2 rings (SSSR count). The van der Waals surface area contributed by atoms with Gasteiger partial charge in [0.15, 0.2) is 11.6 Å². The van der Waals surface area contributed by atoms with Crippen molar-refractivity contribution in [1.82, 2.24) is 0 Å². The molecule has 0 spiro atoms. The Morgan fingerprint density at radius 3 is 2.40 bits per heavy atom. The summed E-state index contributed by atoms with van der Waals surface area (Å²) in [6.45, 7) is 1.66. The SMILES string of the molecule is COC(=O)c1ccc(I)c(C2(C)C(=O)CCCC2=O)c1. The topological polar surface area (TPSA) is 60.4 Å². The first-order chi connectivity index (χ1) is 9.41.